The van der Waals surface area contributed by atoms with Crippen LogP contribution in [0.25, 0.3) is 0 Å². The first-order valence-electron chi connectivity index (χ1n) is 8.07. The predicted molar refractivity (Wildman–Crippen MR) is 89.4 cm³/mol. The van der Waals surface area contributed by atoms with E-state index in [4.69, 9.17) is 4.74 Å². The smallest absolute Gasteiger partial charge is 0.337 e. The molecule has 1 unspecified atom stereocenters. The first kappa shape index (κ1) is 16.9. The van der Waals surface area contributed by atoms with Crippen LogP contribution < -0.4 is 4.74 Å². The molecule has 1 aliphatic rings. The van der Waals surface area contributed by atoms with Gasteiger partial charge < -0.3 is 14.4 Å². The molecule has 0 N–H and O–H groups in total. The number of piperidine rings is 1. The molecule has 0 bridgehead atoms. The zero-order valence-corrected chi connectivity index (χ0v) is 13.9. The lowest BCUT2D eigenvalue weighted by molar-refractivity contribution is 0.0526. The summed E-state index contributed by atoms with van der Waals surface area (Å²) in [5.41, 5.74) is 0.956. The zero-order chi connectivity index (χ0) is 17.6. The van der Waals surface area contributed by atoms with Crippen molar-refractivity contribution in [1.82, 2.24) is 14.9 Å². The van der Waals surface area contributed by atoms with Crippen molar-refractivity contribution in [3.63, 3.8) is 0 Å². The second-order valence-electron chi connectivity index (χ2n) is 5.75. The number of benzene rings is 1. The molecule has 1 aromatic heterocycles. The van der Waals surface area contributed by atoms with E-state index in [1.807, 2.05) is 0 Å². The lowest BCUT2D eigenvalue weighted by atomic mass is 10.1. The van der Waals surface area contributed by atoms with E-state index < -0.39 is 5.97 Å². The van der Waals surface area contributed by atoms with E-state index in [0.717, 1.165) is 12.8 Å². The number of nitrogens with zero attached hydrogens (tertiary/aromatic N) is 3. The van der Waals surface area contributed by atoms with Gasteiger partial charge in [-0.1, -0.05) is 0 Å². The Morgan fingerprint density at radius 3 is 2.60 bits per heavy atom. The molecular weight excluding hydrogens is 322 g/mol. The van der Waals surface area contributed by atoms with Gasteiger partial charge in [-0.2, -0.15) is 0 Å². The first-order valence-corrected chi connectivity index (χ1v) is 8.07. The molecule has 1 fully saturated rings. The van der Waals surface area contributed by atoms with Gasteiger partial charge in [0.2, 0.25) is 5.88 Å². The highest BCUT2D eigenvalue weighted by atomic mass is 16.5. The van der Waals surface area contributed by atoms with Gasteiger partial charge in [0.1, 0.15) is 12.4 Å². The number of hydrogen-bond acceptors (Lipinski definition) is 6. The summed E-state index contributed by atoms with van der Waals surface area (Å²) in [4.78, 5) is 33.8. The van der Waals surface area contributed by atoms with E-state index in [1.54, 1.807) is 41.4 Å². The summed E-state index contributed by atoms with van der Waals surface area (Å²) in [6.07, 6.45) is 4.69. The van der Waals surface area contributed by atoms with Gasteiger partial charge in [0.25, 0.3) is 5.91 Å². The van der Waals surface area contributed by atoms with Gasteiger partial charge in [-0.25, -0.2) is 14.8 Å². The Balaban J connectivity index is 1.64. The Labute approximate surface area is 145 Å². The van der Waals surface area contributed by atoms with E-state index in [-0.39, 0.29) is 12.0 Å². The van der Waals surface area contributed by atoms with Crippen LogP contribution >= 0.6 is 0 Å². The van der Waals surface area contributed by atoms with Gasteiger partial charge in [0, 0.05) is 24.4 Å². The van der Waals surface area contributed by atoms with Crippen LogP contribution in [0.5, 0.6) is 5.88 Å². The van der Waals surface area contributed by atoms with Gasteiger partial charge in [-0.15, -0.1) is 0 Å². The third kappa shape index (κ3) is 4.12. The highest BCUT2D eigenvalue weighted by Crippen LogP contribution is 2.18. The van der Waals surface area contributed by atoms with Gasteiger partial charge in [0.05, 0.1) is 19.2 Å². The number of carbonyl (C=O) groups is 2. The molecule has 25 heavy (non-hydrogen) atoms. The number of esters is 1. The number of rotatable bonds is 4. The molecule has 2 heterocycles. The van der Waals surface area contributed by atoms with Crippen LogP contribution in [0.15, 0.2) is 42.9 Å². The van der Waals surface area contributed by atoms with Crippen molar-refractivity contribution in [3.05, 3.63) is 54.0 Å². The van der Waals surface area contributed by atoms with Gasteiger partial charge in [-0.3, -0.25) is 4.79 Å². The van der Waals surface area contributed by atoms with Crippen LogP contribution in [-0.2, 0) is 4.74 Å². The highest BCUT2D eigenvalue weighted by Gasteiger charge is 2.26. The van der Waals surface area contributed by atoms with Gasteiger partial charge in [0.15, 0.2) is 0 Å². The predicted octanol–water partition coefficient (Wildman–Crippen LogP) is 1.95. The number of carbonyl (C=O) groups excluding carboxylic acids is 2. The summed E-state index contributed by atoms with van der Waals surface area (Å²) in [6, 6.07) is 8.18. The molecule has 7 heteroatoms. The molecular formula is C18H19N3O4. The second kappa shape index (κ2) is 7.74. The summed E-state index contributed by atoms with van der Waals surface area (Å²) in [5, 5.41) is 0. The minimum absolute atomic E-state index is 0.0765. The summed E-state index contributed by atoms with van der Waals surface area (Å²) in [7, 11) is 1.33. The Bertz CT molecular complexity index is 734. The summed E-state index contributed by atoms with van der Waals surface area (Å²) in [5.74, 6) is 0.0134. The van der Waals surface area contributed by atoms with Crippen LogP contribution in [0, 0.1) is 0 Å². The van der Waals surface area contributed by atoms with Gasteiger partial charge >= 0.3 is 5.97 Å². The number of methoxy groups -OCH3 is 1. The van der Waals surface area contributed by atoms with E-state index in [1.165, 1.54) is 13.4 Å². The number of hydrogen-bond donors (Lipinski definition) is 0. The fraction of sp³-hybridized carbons (Fsp3) is 0.333. The van der Waals surface area contributed by atoms with Crippen LogP contribution in [0.3, 0.4) is 0 Å². The van der Waals surface area contributed by atoms with E-state index in [0.29, 0.717) is 30.1 Å². The summed E-state index contributed by atoms with van der Waals surface area (Å²) >= 11 is 0. The van der Waals surface area contributed by atoms with Crippen molar-refractivity contribution < 1.29 is 19.1 Å². The van der Waals surface area contributed by atoms with Crippen molar-refractivity contribution in [2.75, 3.05) is 20.2 Å². The maximum absolute atomic E-state index is 12.7. The quantitative estimate of drug-likeness (QED) is 0.791. The third-order valence-electron chi connectivity index (χ3n) is 4.06. The fourth-order valence-corrected chi connectivity index (χ4v) is 2.79. The Kier molecular flexibility index (Phi) is 5.23. The van der Waals surface area contributed by atoms with Crippen molar-refractivity contribution >= 4 is 11.9 Å². The second-order valence-corrected chi connectivity index (χ2v) is 5.75. The Morgan fingerprint density at radius 1 is 1.16 bits per heavy atom. The maximum Gasteiger partial charge on any atom is 0.337 e. The molecule has 1 saturated heterocycles. The Morgan fingerprint density at radius 2 is 1.92 bits per heavy atom. The van der Waals surface area contributed by atoms with Crippen molar-refractivity contribution in [2.45, 2.75) is 18.9 Å². The van der Waals surface area contributed by atoms with Crippen LogP contribution in [0.4, 0.5) is 0 Å². The van der Waals surface area contributed by atoms with E-state index in [9.17, 15) is 9.59 Å². The Hall–Kier alpha value is -2.96. The topological polar surface area (TPSA) is 81.6 Å². The molecule has 1 amide bonds. The normalized spacial score (nSPS) is 17.0. The van der Waals surface area contributed by atoms with Crippen molar-refractivity contribution in [2.24, 2.45) is 0 Å². The van der Waals surface area contributed by atoms with E-state index >= 15 is 0 Å². The fourth-order valence-electron chi connectivity index (χ4n) is 2.79. The molecule has 0 aliphatic carbocycles. The lowest BCUT2D eigenvalue weighted by Crippen LogP contribution is -2.44. The number of likely N-dealkylation sites (tertiary alicyclic amines) is 1. The lowest BCUT2D eigenvalue weighted by Gasteiger charge is -2.32. The average Bonchev–Trinajstić information content (AvgIpc) is 2.68. The summed E-state index contributed by atoms with van der Waals surface area (Å²) < 4.78 is 10.5. The first-order chi connectivity index (χ1) is 12.2. The van der Waals surface area contributed by atoms with Crippen molar-refractivity contribution in [1.29, 1.82) is 0 Å². The standard InChI is InChI=1S/C18H19N3O4/c1-24-18(23)14-6-4-13(5-7-14)17(22)21-10-2-3-15(11-21)25-16-8-9-19-12-20-16/h4-9,12,15H,2-3,10-11H2,1H3. The van der Waals surface area contributed by atoms with Crippen molar-refractivity contribution in [3.8, 4) is 5.88 Å². The maximum atomic E-state index is 12.7. The minimum Gasteiger partial charge on any atom is -0.472 e. The molecule has 0 saturated carbocycles. The van der Waals surface area contributed by atoms with Crippen LogP contribution in [0.2, 0.25) is 0 Å². The molecule has 1 aromatic carbocycles. The number of ether oxygens (including phenoxy) is 2. The molecule has 0 radical (unpaired) electrons. The van der Waals surface area contributed by atoms with E-state index in [2.05, 4.69) is 14.7 Å². The molecule has 2 aromatic rings. The SMILES string of the molecule is COC(=O)c1ccc(C(=O)N2CCCC(Oc3ccncn3)C2)cc1. The molecule has 130 valence electrons. The highest BCUT2D eigenvalue weighted by molar-refractivity contribution is 5.96. The third-order valence-corrected chi connectivity index (χ3v) is 4.06. The van der Waals surface area contributed by atoms with Gasteiger partial charge in [-0.05, 0) is 37.1 Å². The monoisotopic (exact) mass is 341 g/mol. The largest absolute Gasteiger partial charge is 0.472 e. The summed E-state index contributed by atoms with van der Waals surface area (Å²) in [6.45, 7) is 1.18. The zero-order valence-electron chi connectivity index (χ0n) is 13.9. The molecule has 3 rings (SSSR count). The number of amides is 1. The molecule has 1 atom stereocenters. The molecule has 0 spiro atoms. The number of aromatic nitrogens is 2. The van der Waals surface area contributed by atoms with Crippen LogP contribution in [-0.4, -0.2) is 53.0 Å². The molecule has 1 aliphatic heterocycles. The average molecular weight is 341 g/mol. The van der Waals surface area contributed by atoms with Crippen LogP contribution in [0.1, 0.15) is 33.6 Å². The molecule has 7 nitrogen and oxygen atoms in total. The minimum atomic E-state index is -0.421.